The highest BCUT2D eigenvalue weighted by Crippen LogP contribution is 2.39. The fraction of sp³-hybridized carbons (Fsp3) is 0.382. The number of aryl methyl sites for hydroxylation is 1. The number of aromatic hydroxyl groups is 2. The molecule has 77 heavy (non-hydrogen) atoms. The Hall–Kier alpha value is -7.96. The molecule has 0 spiro atoms. The molecule has 3 N–H and O–H groups in total. The molecule has 3 saturated heterocycles. The maximum Gasteiger partial charge on any atom is 0.405 e. The number of aromatic nitrogens is 5. The van der Waals surface area contributed by atoms with Gasteiger partial charge in [-0.15, -0.1) is 10.2 Å². The van der Waals surface area contributed by atoms with Crippen LogP contribution < -0.4 is 19.9 Å². The van der Waals surface area contributed by atoms with Crippen molar-refractivity contribution in [3.05, 3.63) is 119 Å². The van der Waals surface area contributed by atoms with Crippen LogP contribution >= 0.6 is 11.6 Å². The van der Waals surface area contributed by atoms with Gasteiger partial charge in [0.15, 0.2) is 5.82 Å². The number of piperidine rings is 1. The first-order valence-corrected chi connectivity index (χ1v) is 25.9. The Morgan fingerprint density at radius 1 is 0.935 bits per heavy atom. The molecule has 10 rings (SSSR count). The highest BCUT2D eigenvalue weighted by atomic mass is 35.5. The molecule has 1 unspecified atom stereocenters. The number of phenols is 2. The van der Waals surface area contributed by atoms with E-state index < -0.39 is 24.5 Å². The summed E-state index contributed by atoms with van der Waals surface area (Å²) in [4.78, 5) is 59.9. The van der Waals surface area contributed by atoms with E-state index in [4.69, 9.17) is 26.3 Å². The molecule has 0 bridgehead atoms. The summed E-state index contributed by atoms with van der Waals surface area (Å²) in [5.74, 6) is -1.54. The summed E-state index contributed by atoms with van der Waals surface area (Å²) < 4.78 is 46.8. The molecule has 18 nitrogen and oxygen atoms in total. The van der Waals surface area contributed by atoms with Crippen molar-refractivity contribution in [3.63, 3.8) is 0 Å². The number of halogens is 4. The topological polar surface area (TPSA) is 209 Å². The van der Waals surface area contributed by atoms with Crippen LogP contribution in [0.2, 0.25) is 5.02 Å². The van der Waals surface area contributed by atoms with Crippen molar-refractivity contribution in [2.24, 2.45) is 11.8 Å². The Morgan fingerprint density at radius 2 is 1.69 bits per heavy atom. The molecule has 2 aromatic heterocycles. The van der Waals surface area contributed by atoms with Crippen LogP contribution in [0.3, 0.4) is 0 Å². The quantitative estimate of drug-likeness (QED) is 0.0942. The second-order valence-electron chi connectivity index (χ2n) is 20.0. The number of anilines is 2. The minimum Gasteiger partial charge on any atom is -0.508 e. The standard InChI is InChI=1S/C55H56ClF3N12O6/c1-3-47(74)70-23-22-68(29-39(70)14-18-60)49-40-17-21-67(44-9-5-7-36-6-4-8-42(56)48(36)44)30-43(40)62-54(63-49)77-31-35-27-69(28-35)53(76)37-15-19-66(20-16-37)26-34-10-12-38(13-11-34)71-50(41-24-33(2)45(72)25-46(41)73)64-65-51(71)52(75)61-32-55(57,58)59/h3-13,24-25,35,37,39,72-73H,1,14-17,19-23,26-32H2,2H3,(H,61,75). The largest absolute Gasteiger partial charge is 0.508 e. The summed E-state index contributed by atoms with van der Waals surface area (Å²) in [6.45, 7) is 9.50. The molecular weight excluding hydrogens is 1020 g/mol. The molecule has 400 valence electrons. The molecule has 1 atom stereocenters. The molecule has 6 heterocycles. The van der Waals surface area contributed by atoms with Crippen LogP contribution in [0.4, 0.5) is 24.7 Å². The number of ether oxygens (including phenoxy) is 1. The van der Waals surface area contributed by atoms with Gasteiger partial charge in [-0.1, -0.05) is 54.6 Å². The fourth-order valence-corrected chi connectivity index (χ4v) is 11.1. The molecular formula is C55H56ClF3N12O6. The number of rotatable bonds is 14. The minimum atomic E-state index is -4.66. The Labute approximate surface area is 446 Å². The van der Waals surface area contributed by atoms with Crippen molar-refractivity contribution in [1.82, 2.24) is 44.7 Å². The Morgan fingerprint density at radius 3 is 2.42 bits per heavy atom. The lowest BCUT2D eigenvalue weighted by Gasteiger charge is -2.43. The fourth-order valence-electron chi connectivity index (χ4n) is 10.8. The first-order valence-electron chi connectivity index (χ1n) is 25.5. The molecule has 0 aliphatic carbocycles. The van der Waals surface area contributed by atoms with Crippen molar-refractivity contribution in [1.29, 1.82) is 5.26 Å². The van der Waals surface area contributed by atoms with Gasteiger partial charge in [0.2, 0.25) is 17.6 Å². The van der Waals surface area contributed by atoms with Crippen molar-refractivity contribution in [3.8, 4) is 40.7 Å². The number of nitriles is 1. The minimum absolute atomic E-state index is 0.0180. The monoisotopic (exact) mass is 1070 g/mol. The smallest absolute Gasteiger partial charge is 0.405 e. The van der Waals surface area contributed by atoms with Crippen LogP contribution in [-0.2, 0) is 29.1 Å². The van der Waals surface area contributed by atoms with Gasteiger partial charge >= 0.3 is 12.2 Å². The number of alkyl halides is 3. The van der Waals surface area contributed by atoms with E-state index in [9.17, 15) is 43.0 Å². The number of nitrogens with one attached hydrogen (secondary N) is 1. The molecule has 3 amide bonds. The average molecular weight is 1070 g/mol. The summed E-state index contributed by atoms with van der Waals surface area (Å²) in [5, 5.41) is 43.0. The number of carbonyl (C=O) groups is 3. The number of nitrogens with zero attached hydrogens (tertiary/aromatic N) is 11. The summed E-state index contributed by atoms with van der Waals surface area (Å²) in [6.07, 6.45) is -1.23. The van der Waals surface area contributed by atoms with Crippen LogP contribution in [0.25, 0.3) is 27.8 Å². The van der Waals surface area contributed by atoms with Gasteiger partial charge in [-0.05, 0) is 92.2 Å². The second kappa shape index (κ2) is 21.9. The van der Waals surface area contributed by atoms with E-state index in [1.54, 1.807) is 24.0 Å². The molecule has 4 aliphatic rings. The van der Waals surface area contributed by atoms with E-state index in [0.717, 1.165) is 45.2 Å². The first kappa shape index (κ1) is 52.5. The van der Waals surface area contributed by atoms with Crippen LogP contribution in [0, 0.1) is 30.1 Å². The summed E-state index contributed by atoms with van der Waals surface area (Å²) in [7, 11) is 0. The van der Waals surface area contributed by atoms with E-state index in [1.165, 1.54) is 16.7 Å². The lowest BCUT2D eigenvalue weighted by atomic mass is 9.91. The Kier molecular flexibility index (Phi) is 15.0. The third-order valence-corrected chi connectivity index (χ3v) is 15.2. The average Bonchev–Trinajstić information content (AvgIpc) is 3.87. The van der Waals surface area contributed by atoms with Gasteiger partial charge < -0.3 is 39.9 Å². The number of amides is 3. The normalized spacial score (nSPS) is 17.4. The Bertz CT molecular complexity index is 3280. The zero-order valence-corrected chi connectivity index (χ0v) is 43.0. The summed E-state index contributed by atoms with van der Waals surface area (Å²) in [6, 6.07) is 23.7. The van der Waals surface area contributed by atoms with Gasteiger partial charge in [0, 0.05) is 86.0 Å². The number of benzene rings is 4. The van der Waals surface area contributed by atoms with Crippen LogP contribution in [-0.4, -0.2) is 145 Å². The zero-order chi connectivity index (χ0) is 54.1. The maximum atomic E-state index is 13.8. The number of phenolic OH excluding ortho intramolecular Hbond substituents is 2. The molecule has 22 heteroatoms. The van der Waals surface area contributed by atoms with E-state index in [0.29, 0.717) is 108 Å². The predicted octanol–water partition coefficient (Wildman–Crippen LogP) is 6.97. The van der Waals surface area contributed by atoms with Gasteiger partial charge in [0.05, 0.1) is 48.0 Å². The number of hydrogen-bond acceptors (Lipinski definition) is 14. The van der Waals surface area contributed by atoms with Crippen LogP contribution in [0.15, 0.2) is 85.5 Å². The zero-order valence-electron chi connectivity index (χ0n) is 42.2. The van der Waals surface area contributed by atoms with E-state index in [-0.39, 0.29) is 65.0 Å². The van der Waals surface area contributed by atoms with Crippen LogP contribution in [0.1, 0.15) is 52.3 Å². The van der Waals surface area contributed by atoms with Gasteiger partial charge in [-0.3, -0.25) is 23.9 Å². The maximum absolute atomic E-state index is 13.8. The van der Waals surface area contributed by atoms with Gasteiger partial charge in [-0.25, -0.2) is 0 Å². The lowest BCUT2D eigenvalue weighted by Crippen LogP contribution is -2.55. The first-order chi connectivity index (χ1) is 37.0. The highest BCUT2D eigenvalue weighted by molar-refractivity contribution is 6.36. The molecule has 4 aliphatic heterocycles. The number of piperazine rings is 1. The lowest BCUT2D eigenvalue weighted by molar-refractivity contribution is -0.144. The van der Waals surface area contributed by atoms with Gasteiger partial charge in [0.1, 0.15) is 23.9 Å². The third-order valence-electron chi connectivity index (χ3n) is 14.9. The predicted molar refractivity (Wildman–Crippen MR) is 281 cm³/mol. The van der Waals surface area contributed by atoms with E-state index in [2.05, 4.69) is 43.6 Å². The summed E-state index contributed by atoms with van der Waals surface area (Å²) >= 11 is 6.78. The number of hydrogen-bond donors (Lipinski definition) is 3. The summed E-state index contributed by atoms with van der Waals surface area (Å²) in [5.41, 5.74) is 4.60. The Balaban J connectivity index is 0.767. The number of fused-ring (bicyclic) bond motifs is 2. The van der Waals surface area contributed by atoms with Crippen LogP contribution in [0.5, 0.6) is 17.5 Å². The highest BCUT2D eigenvalue weighted by Gasteiger charge is 2.38. The molecule has 6 aromatic rings. The SMILES string of the molecule is C=CC(=O)N1CCN(c2nc(OCC3CN(C(=O)C4CCN(Cc5ccc(-n6c(C(=O)NCC(F)(F)F)nnc6-c6cc(C)c(O)cc6O)cc5)CC4)C3)nc3c2CCN(c2cccc4cccc(Cl)c24)C3)CC1CC#N. The number of carbonyl (C=O) groups excluding carboxylic acids is 3. The number of likely N-dealkylation sites (tertiary alicyclic amines) is 2. The molecule has 4 aromatic carbocycles. The van der Waals surface area contributed by atoms with Crippen molar-refractivity contribution in [2.75, 3.05) is 75.3 Å². The third kappa shape index (κ3) is 11.2. The second-order valence-corrected chi connectivity index (χ2v) is 20.4. The van der Waals surface area contributed by atoms with Gasteiger partial charge in [0.25, 0.3) is 5.91 Å². The van der Waals surface area contributed by atoms with Crippen molar-refractivity contribution in [2.45, 2.75) is 57.9 Å². The van der Waals surface area contributed by atoms with E-state index >= 15 is 0 Å². The molecule has 0 saturated carbocycles. The van der Waals surface area contributed by atoms with Gasteiger partial charge in [-0.2, -0.15) is 28.4 Å². The van der Waals surface area contributed by atoms with E-state index in [1.807, 2.05) is 52.7 Å². The molecule has 3 fully saturated rings. The molecule has 0 radical (unpaired) electrons. The van der Waals surface area contributed by atoms with Crippen molar-refractivity contribution < 1.29 is 42.5 Å². The van der Waals surface area contributed by atoms with Crippen molar-refractivity contribution >= 4 is 51.6 Å².